The summed E-state index contributed by atoms with van der Waals surface area (Å²) in [7, 11) is 0. The van der Waals surface area contributed by atoms with Crippen LogP contribution in [-0.2, 0) is 11.3 Å². The lowest BCUT2D eigenvalue weighted by molar-refractivity contribution is 0.0203. The predicted octanol–water partition coefficient (Wildman–Crippen LogP) is 2.97. The molecule has 0 amide bonds. The fourth-order valence-corrected chi connectivity index (χ4v) is 4.83. The first-order valence-electron chi connectivity index (χ1n) is 9.10. The monoisotopic (exact) mass is 358 g/mol. The third-order valence-corrected chi connectivity index (χ3v) is 6.35. The molecule has 0 saturated carbocycles. The maximum absolute atomic E-state index is 5.98. The molecular formula is C19H26N4OS. The fourth-order valence-electron chi connectivity index (χ4n) is 3.90. The summed E-state index contributed by atoms with van der Waals surface area (Å²) >= 11 is 1.92. The Hall–Kier alpha value is -1.50. The van der Waals surface area contributed by atoms with Gasteiger partial charge in [-0.3, -0.25) is 4.90 Å². The zero-order valence-electron chi connectivity index (χ0n) is 14.9. The molecule has 2 aliphatic rings. The van der Waals surface area contributed by atoms with Gasteiger partial charge in [0.1, 0.15) is 0 Å². The standard InChI is InChI=1S/C19H26N4OS/c1-16-3-4-17(25-16)13-22-9-5-19(6-10-22)14-23(11-12-24-15-19)18-20-7-2-8-21-18/h2-4,7-8H,5-6,9-15H2,1H3. The molecule has 0 bridgehead atoms. The lowest BCUT2D eigenvalue weighted by Gasteiger charge is -2.42. The van der Waals surface area contributed by atoms with Gasteiger partial charge in [-0.1, -0.05) is 0 Å². The fraction of sp³-hybridized carbons (Fsp3) is 0.579. The molecule has 0 aliphatic carbocycles. The van der Waals surface area contributed by atoms with E-state index in [4.69, 9.17) is 4.74 Å². The molecule has 25 heavy (non-hydrogen) atoms. The zero-order valence-corrected chi connectivity index (χ0v) is 15.7. The lowest BCUT2D eigenvalue weighted by atomic mass is 9.78. The molecule has 0 aromatic carbocycles. The van der Waals surface area contributed by atoms with Crippen LogP contribution in [0.1, 0.15) is 22.6 Å². The van der Waals surface area contributed by atoms with E-state index >= 15 is 0 Å². The van der Waals surface area contributed by atoms with Crippen molar-refractivity contribution < 1.29 is 4.74 Å². The Morgan fingerprint density at radius 2 is 1.96 bits per heavy atom. The molecule has 2 aromatic heterocycles. The van der Waals surface area contributed by atoms with E-state index in [0.717, 1.165) is 51.9 Å². The van der Waals surface area contributed by atoms with Gasteiger partial charge >= 0.3 is 0 Å². The van der Waals surface area contributed by atoms with Gasteiger partial charge in [-0.25, -0.2) is 9.97 Å². The molecule has 1 spiro atoms. The van der Waals surface area contributed by atoms with Crippen molar-refractivity contribution >= 4 is 17.3 Å². The van der Waals surface area contributed by atoms with E-state index in [2.05, 4.69) is 38.8 Å². The van der Waals surface area contributed by atoms with Gasteiger partial charge in [0.15, 0.2) is 0 Å². The summed E-state index contributed by atoms with van der Waals surface area (Å²) in [4.78, 5) is 16.7. The molecule has 0 radical (unpaired) electrons. The smallest absolute Gasteiger partial charge is 0.225 e. The molecule has 2 saturated heterocycles. The minimum atomic E-state index is 0.234. The second-order valence-electron chi connectivity index (χ2n) is 7.31. The summed E-state index contributed by atoms with van der Waals surface area (Å²) in [6.07, 6.45) is 6.01. The maximum atomic E-state index is 5.98. The van der Waals surface area contributed by atoms with Crippen LogP contribution in [0.4, 0.5) is 5.95 Å². The molecule has 4 heterocycles. The normalized spacial score (nSPS) is 21.4. The van der Waals surface area contributed by atoms with Crippen LogP contribution in [-0.4, -0.2) is 54.3 Å². The van der Waals surface area contributed by atoms with Crippen LogP contribution >= 0.6 is 11.3 Å². The quantitative estimate of drug-likeness (QED) is 0.844. The Morgan fingerprint density at radius 1 is 1.16 bits per heavy atom. The van der Waals surface area contributed by atoms with E-state index in [1.165, 1.54) is 22.6 Å². The maximum Gasteiger partial charge on any atom is 0.225 e. The first kappa shape index (κ1) is 16.9. The number of piperidine rings is 1. The number of aryl methyl sites for hydroxylation is 1. The molecule has 4 rings (SSSR count). The number of rotatable bonds is 3. The van der Waals surface area contributed by atoms with Gasteiger partial charge in [-0.2, -0.15) is 0 Å². The molecule has 6 heteroatoms. The third kappa shape index (κ3) is 4.02. The van der Waals surface area contributed by atoms with Crippen molar-refractivity contribution in [2.45, 2.75) is 26.3 Å². The molecule has 2 aromatic rings. The summed E-state index contributed by atoms with van der Waals surface area (Å²) in [5.41, 5.74) is 0.234. The number of hydrogen-bond acceptors (Lipinski definition) is 6. The summed E-state index contributed by atoms with van der Waals surface area (Å²) in [5, 5.41) is 0. The van der Waals surface area contributed by atoms with Crippen LogP contribution < -0.4 is 4.90 Å². The number of nitrogens with zero attached hydrogens (tertiary/aromatic N) is 4. The van der Waals surface area contributed by atoms with Crippen LogP contribution in [0.5, 0.6) is 0 Å². The van der Waals surface area contributed by atoms with Crippen molar-refractivity contribution in [1.29, 1.82) is 0 Å². The minimum Gasteiger partial charge on any atom is -0.379 e. The SMILES string of the molecule is Cc1ccc(CN2CCC3(CC2)COCCN(c2ncccn2)C3)s1. The lowest BCUT2D eigenvalue weighted by Crippen LogP contribution is -2.47. The Morgan fingerprint density at radius 3 is 2.68 bits per heavy atom. The Kier molecular flexibility index (Phi) is 5.01. The summed E-state index contributed by atoms with van der Waals surface area (Å²) < 4.78 is 5.98. The average Bonchev–Trinajstić information content (AvgIpc) is 2.94. The molecule has 134 valence electrons. The van der Waals surface area contributed by atoms with Gasteiger partial charge in [0.2, 0.25) is 5.95 Å². The Labute approximate surface area is 153 Å². The van der Waals surface area contributed by atoms with Crippen molar-refractivity contribution in [3.63, 3.8) is 0 Å². The van der Waals surface area contributed by atoms with Gasteiger partial charge in [0.25, 0.3) is 0 Å². The molecule has 0 unspecified atom stereocenters. The highest BCUT2D eigenvalue weighted by Crippen LogP contribution is 2.35. The zero-order chi connectivity index (χ0) is 17.1. The second kappa shape index (κ2) is 7.40. The van der Waals surface area contributed by atoms with E-state index < -0.39 is 0 Å². The van der Waals surface area contributed by atoms with E-state index in [9.17, 15) is 0 Å². The summed E-state index contributed by atoms with van der Waals surface area (Å²) in [6, 6.07) is 6.37. The minimum absolute atomic E-state index is 0.234. The molecule has 5 nitrogen and oxygen atoms in total. The van der Waals surface area contributed by atoms with Gasteiger partial charge in [0.05, 0.1) is 13.2 Å². The van der Waals surface area contributed by atoms with Crippen molar-refractivity contribution in [2.24, 2.45) is 5.41 Å². The van der Waals surface area contributed by atoms with Crippen LogP contribution in [0, 0.1) is 12.3 Å². The Balaban J connectivity index is 1.40. The van der Waals surface area contributed by atoms with Crippen molar-refractivity contribution in [3.05, 3.63) is 40.3 Å². The summed E-state index contributed by atoms with van der Waals surface area (Å²) in [5.74, 6) is 0.837. The van der Waals surface area contributed by atoms with Gasteiger partial charge < -0.3 is 9.64 Å². The number of ether oxygens (including phenoxy) is 1. The largest absolute Gasteiger partial charge is 0.379 e. The highest BCUT2D eigenvalue weighted by atomic mass is 32.1. The number of hydrogen-bond donors (Lipinski definition) is 0. The van der Waals surface area contributed by atoms with Crippen LogP contribution in [0.3, 0.4) is 0 Å². The predicted molar refractivity (Wildman–Crippen MR) is 101 cm³/mol. The first-order chi connectivity index (χ1) is 12.2. The van der Waals surface area contributed by atoms with Crippen LogP contribution in [0.2, 0.25) is 0 Å². The first-order valence-corrected chi connectivity index (χ1v) is 9.92. The van der Waals surface area contributed by atoms with Crippen molar-refractivity contribution in [1.82, 2.24) is 14.9 Å². The Bertz CT molecular complexity index is 682. The number of anilines is 1. The van der Waals surface area contributed by atoms with Crippen LogP contribution in [0.15, 0.2) is 30.6 Å². The third-order valence-electron chi connectivity index (χ3n) is 5.37. The molecule has 0 atom stereocenters. The van der Waals surface area contributed by atoms with Gasteiger partial charge in [-0.15, -0.1) is 11.3 Å². The average molecular weight is 359 g/mol. The number of thiophene rings is 1. The van der Waals surface area contributed by atoms with E-state index in [1.807, 2.05) is 29.8 Å². The van der Waals surface area contributed by atoms with Crippen molar-refractivity contribution in [2.75, 3.05) is 44.3 Å². The number of aromatic nitrogens is 2. The van der Waals surface area contributed by atoms with E-state index in [1.54, 1.807) is 0 Å². The van der Waals surface area contributed by atoms with Gasteiger partial charge in [0, 0.05) is 47.2 Å². The van der Waals surface area contributed by atoms with Crippen molar-refractivity contribution in [3.8, 4) is 0 Å². The topological polar surface area (TPSA) is 41.5 Å². The highest BCUT2D eigenvalue weighted by Gasteiger charge is 2.38. The highest BCUT2D eigenvalue weighted by molar-refractivity contribution is 7.11. The molecular weight excluding hydrogens is 332 g/mol. The summed E-state index contributed by atoms with van der Waals surface area (Å²) in [6.45, 7) is 9.06. The number of likely N-dealkylation sites (tertiary alicyclic amines) is 1. The molecule has 2 aliphatic heterocycles. The van der Waals surface area contributed by atoms with E-state index in [0.29, 0.717) is 0 Å². The van der Waals surface area contributed by atoms with Crippen LogP contribution in [0.25, 0.3) is 0 Å². The molecule has 2 fully saturated rings. The molecule has 0 N–H and O–H groups in total. The second-order valence-corrected chi connectivity index (χ2v) is 8.68. The van der Waals surface area contributed by atoms with Gasteiger partial charge in [-0.05, 0) is 51.1 Å². The van der Waals surface area contributed by atoms with E-state index in [-0.39, 0.29) is 5.41 Å².